The van der Waals surface area contributed by atoms with Crippen LogP contribution in [0, 0.1) is 13.8 Å². The smallest absolute Gasteiger partial charge is 0.320 e. The Morgan fingerprint density at radius 1 is 1.04 bits per heavy atom. The van der Waals surface area contributed by atoms with Crippen LogP contribution < -0.4 is 10.6 Å². The van der Waals surface area contributed by atoms with E-state index in [2.05, 4.69) is 20.7 Å². The van der Waals surface area contributed by atoms with Crippen molar-refractivity contribution in [1.29, 1.82) is 0 Å². The molecule has 1 aromatic carbocycles. The van der Waals surface area contributed by atoms with Crippen molar-refractivity contribution in [1.82, 2.24) is 20.1 Å². The van der Waals surface area contributed by atoms with Crippen LogP contribution in [0.25, 0.3) is 5.69 Å². The maximum Gasteiger partial charge on any atom is 0.320 e. The van der Waals surface area contributed by atoms with Crippen LogP contribution in [0.2, 0.25) is 0 Å². The van der Waals surface area contributed by atoms with E-state index < -0.39 is 0 Å². The highest BCUT2D eigenvalue weighted by atomic mass is 16.2. The number of para-hydroxylation sites is 1. The maximum atomic E-state index is 12.2. The molecule has 0 saturated heterocycles. The number of carbonyl (C=O) groups is 1. The number of nitrogens with one attached hydrogen (secondary N) is 2. The summed E-state index contributed by atoms with van der Waals surface area (Å²) in [7, 11) is 0. The van der Waals surface area contributed by atoms with Crippen LogP contribution in [-0.4, -0.2) is 20.8 Å². The van der Waals surface area contributed by atoms with Crippen LogP contribution >= 0.6 is 0 Å². The molecule has 0 unspecified atom stereocenters. The second kappa shape index (κ2) is 6.95. The molecule has 6 nitrogen and oxygen atoms in total. The Balaban J connectivity index is 1.69. The van der Waals surface area contributed by atoms with Gasteiger partial charge in [0.15, 0.2) is 0 Å². The zero-order chi connectivity index (χ0) is 16.9. The van der Waals surface area contributed by atoms with Gasteiger partial charge in [-0.3, -0.25) is 10.3 Å². The molecule has 2 aromatic heterocycles. The van der Waals surface area contributed by atoms with Gasteiger partial charge in [-0.25, -0.2) is 9.48 Å². The van der Waals surface area contributed by atoms with Crippen molar-refractivity contribution in [3.63, 3.8) is 0 Å². The Bertz CT molecular complexity index is 856. The fraction of sp³-hybridized carbons (Fsp3) is 0.167. The van der Waals surface area contributed by atoms with Gasteiger partial charge in [-0.2, -0.15) is 5.10 Å². The Hall–Kier alpha value is -3.15. The van der Waals surface area contributed by atoms with Gasteiger partial charge in [0.25, 0.3) is 0 Å². The number of amides is 2. The van der Waals surface area contributed by atoms with E-state index in [1.165, 1.54) is 0 Å². The molecule has 3 rings (SSSR count). The number of hydrogen-bond donors (Lipinski definition) is 2. The monoisotopic (exact) mass is 321 g/mol. The summed E-state index contributed by atoms with van der Waals surface area (Å²) in [4.78, 5) is 16.4. The summed E-state index contributed by atoms with van der Waals surface area (Å²) in [5.74, 6) is 0.611. The molecule has 0 spiro atoms. The zero-order valence-electron chi connectivity index (χ0n) is 13.7. The SMILES string of the molecule is Cc1ccccc1-n1nccc1NC(=O)NCc1ncccc1C. The van der Waals surface area contributed by atoms with Crippen LogP contribution in [0.15, 0.2) is 54.9 Å². The predicted octanol–water partition coefficient (Wildman–Crippen LogP) is 3.21. The molecule has 0 radical (unpaired) electrons. The molecule has 24 heavy (non-hydrogen) atoms. The number of carbonyl (C=O) groups excluding carboxylic acids is 1. The lowest BCUT2D eigenvalue weighted by Gasteiger charge is -2.12. The molecule has 2 amide bonds. The summed E-state index contributed by atoms with van der Waals surface area (Å²) in [5.41, 5.74) is 3.90. The van der Waals surface area contributed by atoms with Crippen LogP contribution in [0.1, 0.15) is 16.8 Å². The number of anilines is 1. The molecule has 2 heterocycles. The number of pyridine rings is 1. The van der Waals surface area contributed by atoms with Gasteiger partial charge in [0.05, 0.1) is 24.1 Å². The quantitative estimate of drug-likeness (QED) is 0.775. The first-order valence-corrected chi connectivity index (χ1v) is 7.70. The fourth-order valence-electron chi connectivity index (χ4n) is 2.42. The van der Waals surface area contributed by atoms with Gasteiger partial charge in [-0.15, -0.1) is 0 Å². The number of urea groups is 1. The highest BCUT2D eigenvalue weighted by Crippen LogP contribution is 2.18. The van der Waals surface area contributed by atoms with Crippen molar-refractivity contribution in [2.45, 2.75) is 20.4 Å². The average molecular weight is 321 g/mol. The summed E-state index contributed by atoms with van der Waals surface area (Å²) in [6, 6.07) is 13.2. The minimum atomic E-state index is -0.296. The van der Waals surface area contributed by atoms with Gasteiger partial charge >= 0.3 is 6.03 Å². The lowest BCUT2D eigenvalue weighted by Crippen LogP contribution is -2.29. The van der Waals surface area contributed by atoms with E-state index in [1.807, 2.05) is 50.2 Å². The highest BCUT2D eigenvalue weighted by molar-refractivity contribution is 5.88. The first-order chi connectivity index (χ1) is 11.6. The molecule has 0 bridgehead atoms. The average Bonchev–Trinajstić information content (AvgIpc) is 3.02. The molecule has 0 atom stereocenters. The molecule has 122 valence electrons. The third kappa shape index (κ3) is 3.43. The molecule has 0 aliphatic rings. The molecule has 0 fully saturated rings. The lowest BCUT2D eigenvalue weighted by atomic mass is 10.2. The van der Waals surface area contributed by atoms with Crippen LogP contribution in [0.3, 0.4) is 0 Å². The molecule has 0 aliphatic carbocycles. The van der Waals surface area contributed by atoms with Crippen molar-refractivity contribution < 1.29 is 4.79 Å². The summed E-state index contributed by atoms with van der Waals surface area (Å²) in [6.45, 7) is 4.34. The Labute approximate surface area is 140 Å². The standard InChI is InChI=1S/C18H19N5O/c1-13-7-5-10-19-15(13)12-20-18(24)22-17-9-11-21-23(17)16-8-4-3-6-14(16)2/h3-11H,12H2,1-2H3,(H2,20,22,24). The highest BCUT2D eigenvalue weighted by Gasteiger charge is 2.10. The Morgan fingerprint density at radius 3 is 2.62 bits per heavy atom. The van der Waals surface area contributed by atoms with Gasteiger partial charge in [0.1, 0.15) is 5.82 Å². The van der Waals surface area contributed by atoms with Crippen LogP contribution in [-0.2, 0) is 6.54 Å². The van der Waals surface area contributed by atoms with Gasteiger partial charge in [0.2, 0.25) is 0 Å². The van der Waals surface area contributed by atoms with Gasteiger partial charge in [-0.1, -0.05) is 24.3 Å². The van der Waals surface area contributed by atoms with Crippen LogP contribution in [0.5, 0.6) is 0 Å². The van der Waals surface area contributed by atoms with Crippen molar-refractivity contribution >= 4 is 11.8 Å². The van der Waals surface area contributed by atoms with E-state index in [-0.39, 0.29) is 6.03 Å². The van der Waals surface area contributed by atoms with E-state index in [1.54, 1.807) is 23.1 Å². The van der Waals surface area contributed by atoms with E-state index in [4.69, 9.17) is 0 Å². The fourth-order valence-corrected chi connectivity index (χ4v) is 2.42. The van der Waals surface area contributed by atoms with Crippen LogP contribution in [0.4, 0.5) is 10.6 Å². The van der Waals surface area contributed by atoms with Crippen molar-refractivity contribution in [2.75, 3.05) is 5.32 Å². The first-order valence-electron chi connectivity index (χ1n) is 7.70. The maximum absolute atomic E-state index is 12.2. The minimum Gasteiger partial charge on any atom is -0.332 e. The number of rotatable bonds is 4. The van der Waals surface area contributed by atoms with E-state index >= 15 is 0 Å². The summed E-state index contributed by atoms with van der Waals surface area (Å²) in [5, 5.41) is 9.94. The molecular formula is C18H19N5O. The number of aryl methyl sites for hydroxylation is 2. The van der Waals surface area contributed by atoms with Crippen molar-refractivity contribution in [3.05, 3.63) is 71.7 Å². The number of hydrogen-bond acceptors (Lipinski definition) is 3. The van der Waals surface area contributed by atoms with Crippen molar-refractivity contribution in [3.8, 4) is 5.69 Å². The van der Waals surface area contributed by atoms with Crippen molar-refractivity contribution in [2.24, 2.45) is 0 Å². The third-order valence-corrected chi connectivity index (χ3v) is 3.76. The minimum absolute atomic E-state index is 0.296. The molecule has 0 saturated carbocycles. The van der Waals surface area contributed by atoms with Gasteiger partial charge < -0.3 is 5.32 Å². The van der Waals surface area contributed by atoms with Gasteiger partial charge in [-0.05, 0) is 37.1 Å². The number of aromatic nitrogens is 3. The van der Waals surface area contributed by atoms with E-state index in [9.17, 15) is 4.79 Å². The zero-order valence-corrected chi connectivity index (χ0v) is 13.7. The molecule has 2 N–H and O–H groups in total. The second-order valence-electron chi connectivity index (χ2n) is 5.49. The summed E-state index contributed by atoms with van der Waals surface area (Å²) in [6.07, 6.45) is 3.38. The second-order valence-corrected chi connectivity index (χ2v) is 5.49. The lowest BCUT2D eigenvalue weighted by molar-refractivity contribution is 0.251. The first kappa shape index (κ1) is 15.7. The summed E-state index contributed by atoms with van der Waals surface area (Å²) >= 11 is 0. The molecule has 6 heteroatoms. The number of nitrogens with zero attached hydrogens (tertiary/aromatic N) is 3. The van der Waals surface area contributed by atoms with E-state index in [0.717, 1.165) is 22.5 Å². The predicted molar refractivity (Wildman–Crippen MR) is 93.1 cm³/mol. The molecule has 0 aliphatic heterocycles. The molecular weight excluding hydrogens is 302 g/mol. The van der Waals surface area contributed by atoms with E-state index in [0.29, 0.717) is 12.4 Å². The number of benzene rings is 1. The topological polar surface area (TPSA) is 71.8 Å². The third-order valence-electron chi connectivity index (χ3n) is 3.76. The molecule has 3 aromatic rings. The Kier molecular flexibility index (Phi) is 4.56. The normalized spacial score (nSPS) is 10.4. The largest absolute Gasteiger partial charge is 0.332 e. The summed E-state index contributed by atoms with van der Waals surface area (Å²) < 4.78 is 1.71. The van der Waals surface area contributed by atoms with Gasteiger partial charge in [0, 0.05) is 12.3 Å². The Morgan fingerprint density at radius 2 is 1.83 bits per heavy atom.